The molecule has 558 valence electrons. The molecule has 6 heterocycles. The summed E-state index contributed by atoms with van der Waals surface area (Å²) in [5.41, 5.74) is -3.39. The minimum absolute atomic E-state index is 0.0804. The van der Waals surface area contributed by atoms with Crippen molar-refractivity contribution in [3.05, 3.63) is 11.6 Å². The number of hydrogen-bond donors (Lipinski definition) is 15. The zero-order valence-electron chi connectivity index (χ0n) is 56.5. The van der Waals surface area contributed by atoms with Gasteiger partial charge in [-0.3, -0.25) is 9.59 Å². The Hall–Kier alpha value is -3.18. The topological polar surface area (TPSA) is 492 Å². The molecular weight excluding hydrogens is 1300 g/mol. The van der Waals surface area contributed by atoms with Crippen molar-refractivity contribution in [2.75, 3.05) is 19.8 Å². The molecule has 10 fully saturated rings. The fourth-order valence-electron chi connectivity index (χ4n) is 19.1. The Balaban J connectivity index is 0.878. The lowest BCUT2D eigenvalue weighted by Crippen LogP contribution is -2.68. The highest BCUT2D eigenvalue weighted by molar-refractivity contribution is 5.79. The van der Waals surface area contributed by atoms with Gasteiger partial charge in [0.2, 0.25) is 6.29 Å². The number of aliphatic carboxylic acids is 1. The second-order valence-corrected chi connectivity index (χ2v) is 31.2. The highest BCUT2D eigenvalue weighted by Crippen LogP contribution is 2.76. The van der Waals surface area contributed by atoms with Gasteiger partial charge < -0.3 is 143 Å². The number of esters is 2. The summed E-state index contributed by atoms with van der Waals surface area (Å²) in [6, 6.07) is 0. The van der Waals surface area contributed by atoms with E-state index in [1.807, 2.05) is 0 Å². The summed E-state index contributed by atoms with van der Waals surface area (Å²) >= 11 is 0. The van der Waals surface area contributed by atoms with Crippen LogP contribution in [0.3, 0.4) is 0 Å². The Labute approximate surface area is 566 Å². The molecule has 0 aromatic heterocycles. The summed E-state index contributed by atoms with van der Waals surface area (Å²) in [6.07, 6.45) is -41.7. The van der Waals surface area contributed by atoms with Crippen LogP contribution in [0.4, 0.5) is 0 Å². The zero-order chi connectivity index (χ0) is 71.6. The van der Waals surface area contributed by atoms with Crippen molar-refractivity contribution in [1.82, 2.24) is 0 Å². The van der Waals surface area contributed by atoms with Gasteiger partial charge in [0, 0.05) is 6.92 Å². The van der Waals surface area contributed by atoms with Gasteiger partial charge >= 0.3 is 17.9 Å². The molecule has 6 aliphatic heterocycles. The smallest absolute Gasteiger partial charge is 0.335 e. The Morgan fingerprint density at radius 2 is 1.09 bits per heavy atom. The third kappa shape index (κ3) is 13.0. The number of aliphatic hydroxyl groups is 14. The zero-order valence-corrected chi connectivity index (χ0v) is 56.5. The van der Waals surface area contributed by atoms with E-state index >= 15 is 4.79 Å². The second-order valence-electron chi connectivity index (χ2n) is 31.2. The molecule has 0 amide bonds. The molecule has 0 spiro atoms. The van der Waals surface area contributed by atoms with Crippen molar-refractivity contribution < 1.29 is 157 Å². The summed E-state index contributed by atoms with van der Waals surface area (Å²) in [6.45, 7) is 14.8. The summed E-state index contributed by atoms with van der Waals surface area (Å²) in [7, 11) is 0. The summed E-state index contributed by atoms with van der Waals surface area (Å²) < 4.78 is 79.1. The lowest BCUT2D eigenvalue weighted by atomic mass is 9.33. The van der Waals surface area contributed by atoms with Gasteiger partial charge in [0.15, 0.2) is 49.8 Å². The first kappa shape index (κ1) is 76.0. The van der Waals surface area contributed by atoms with E-state index < -0.39 is 249 Å². The number of aliphatic hydroxyl groups excluding tert-OH is 14. The van der Waals surface area contributed by atoms with Gasteiger partial charge in [-0.25, -0.2) is 4.79 Å². The minimum atomic E-state index is -2.11. The van der Waals surface area contributed by atoms with Crippen LogP contribution in [0.2, 0.25) is 0 Å². The first-order chi connectivity index (χ1) is 46.0. The van der Waals surface area contributed by atoms with Crippen molar-refractivity contribution in [1.29, 1.82) is 0 Å². The number of carbonyl (C=O) groups excluding carboxylic acids is 3. The number of fused-ring (bicyclic) bond motifs is 7. The molecule has 15 N–H and O–H groups in total. The normalized spacial score (nSPS) is 53.2. The van der Waals surface area contributed by atoms with Gasteiger partial charge in [0.05, 0.1) is 49.0 Å². The largest absolute Gasteiger partial charge is 0.479 e. The third-order valence-electron chi connectivity index (χ3n) is 25.0. The second kappa shape index (κ2) is 28.4. The van der Waals surface area contributed by atoms with Gasteiger partial charge in [-0.15, -0.1) is 0 Å². The molecule has 37 atom stereocenters. The van der Waals surface area contributed by atoms with Gasteiger partial charge in [0.25, 0.3) is 0 Å². The van der Waals surface area contributed by atoms with Crippen molar-refractivity contribution >= 4 is 24.2 Å². The predicted molar refractivity (Wildman–Crippen MR) is 324 cm³/mol. The molecule has 0 aromatic carbocycles. The van der Waals surface area contributed by atoms with E-state index in [1.54, 1.807) is 6.92 Å². The molecule has 0 radical (unpaired) electrons. The summed E-state index contributed by atoms with van der Waals surface area (Å²) in [5.74, 6) is -4.07. The van der Waals surface area contributed by atoms with E-state index in [9.17, 15) is 91.0 Å². The molecule has 32 nitrogen and oxygen atoms in total. The fourth-order valence-corrected chi connectivity index (χ4v) is 19.1. The fraction of sp³-hybridized carbons (Fsp3) is 0.909. The highest BCUT2D eigenvalue weighted by atomic mass is 16.8. The van der Waals surface area contributed by atoms with Gasteiger partial charge in [-0.2, -0.15) is 0 Å². The molecule has 6 saturated heterocycles. The first-order valence-electron chi connectivity index (χ1n) is 34.3. The summed E-state index contributed by atoms with van der Waals surface area (Å²) in [5, 5.41) is 162. The molecule has 0 unspecified atom stereocenters. The van der Waals surface area contributed by atoms with E-state index in [0.717, 1.165) is 18.8 Å². The molecule has 0 aromatic rings. The number of carboxylic acid groups (broad SMARTS) is 1. The number of rotatable bonds is 17. The van der Waals surface area contributed by atoms with Crippen LogP contribution in [-0.4, -0.2) is 299 Å². The quantitative estimate of drug-likeness (QED) is 0.0295. The first-order valence-corrected chi connectivity index (χ1v) is 34.3. The number of aldehydes is 1. The van der Waals surface area contributed by atoms with E-state index in [0.29, 0.717) is 57.8 Å². The number of hydrogen-bond acceptors (Lipinski definition) is 31. The lowest BCUT2D eigenvalue weighted by Gasteiger charge is -2.71. The molecule has 98 heavy (non-hydrogen) atoms. The van der Waals surface area contributed by atoms with Crippen molar-refractivity contribution in [2.24, 2.45) is 50.2 Å². The van der Waals surface area contributed by atoms with Gasteiger partial charge in [0.1, 0.15) is 110 Å². The minimum Gasteiger partial charge on any atom is -0.479 e. The standard InChI is InChI=1S/C66H102O32/c1-25-47(93-54-43(79)36(72)30(71)23-86-54)42(78)46(82)55(87-25)97-52-51(96-56-44(80)38(74)32(22-68)91-56)48(89-27(3)70)26(2)88-59(52)98-60(85)66-18-16-61(4,5)20-29(66)28-10-11-34-62(6)14-13-35(63(7,24-69)33(62)12-15-65(34,9)64(28,8)17-19-66)92-58-50(41(77)40(76)49(94-58)53(83)84)95-57-45(81)39(75)37(73)31(21-67)90-57/h10,24-26,29-52,54-59,67-68,71-82H,11-23H2,1-9H3,(H,83,84)/t25-,26+,29-,30+,31+,32+,33+,34+,35-,36-,37-,38+,39-,40-,41-,42+,43+,44-,45+,46+,47-,48-,49-,50+,51-,52+,54-,55-,56-,57-,58+,59-,62+,63-,64+,65+,66-/m0/s1. The van der Waals surface area contributed by atoms with Gasteiger partial charge in [-0.1, -0.05) is 53.2 Å². The molecular formula is C66H102O32. The Morgan fingerprint density at radius 1 is 0.541 bits per heavy atom. The van der Waals surface area contributed by atoms with E-state index in [4.69, 9.17) is 61.6 Å². The average Bonchev–Trinajstić information content (AvgIpc) is 0.758. The number of carboxylic acids is 1. The monoisotopic (exact) mass is 1410 g/mol. The average molecular weight is 1410 g/mol. The van der Waals surface area contributed by atoms with Crippen LogP contribution in [0.15, 0.2) is 11.6 Å². The highest BCUT2D eigenvalue weighted by Gasteiger charge is 2.71. The molecule has 0 bridgehead atoms. The van der Waals surface area contributed by atoms with Crippen LogP contribution in [0.5, 0.6) is 0 Å². The Morgan fingerprint density at radius 3 is 1.72 bits per heavy atom. The van der Waals surface area contributed by atoms with Crippen molar-refractivity contribution in [2.45, 2.75) is 305 Å². The number of allylic oxidation sites excluding steroid dienone is 2. The van der Waals surface area contributed by atoms with Crippen LogP contribution in [-0.2, 0) is 80.8 Å². The van der Waals surface area contributed by atoms with Crippen molar-refractivity contribution in [3.8, 4) is 0 Å². The van der Waals surface area contributed by atoms with Crippen LogP contribution >= 0.6 is 0 Å². The third-order valence-corrected chi connectivity index (χ3v) is 25.0. The maximum absolute atomic E-state index is 16.1. The van der Waals surface area contributed by atoms with Crippen LogP contribution in [0, 0.1) is 50.2 Å². The molecule has 11 aliphatic rings. The van der Waals surface area contributed by atoms with Gasteiger partial charge in [-0.05, 0) is 117 Å². The van der Waals surface area contributed by atoms with E-state index in [-0.39, 0.29) is 23.7 Å². The lowest BCUT2D eigenvalue weighted by molar-refractivity contribution is -0.382. The molecule has 32 heteroatoms. The number of carbonyl (C=O) groups is 4. The Kier molecular flexibility index (Phi) is 22.0. The SMILES string of the molecule is CC(=O)O[C@@H]1[C@H](O[C@@H]2O[C@H](CO)[C@@H](O)[C@@H]2O)[C@@H](O[C@@H]2O[C@@H](C)[C@H](O[C@@H]3OC[C@@H](O)[C@H](O)[C@H]3O)[C@H](O)[C@H]2O)[C@H](OC(=O)[C@]23CCC(C)(C)C[C@H]2C2=CC[C@@H]4[C@]5(C)CC[C@H](O[C@@H]6O[C@H](C(=O)O)[C@@H](O)[C@H](O)[C@H]6O[C@@H]6O[C@H](CO)[C@H](O)[C@H](O)[C@H]6O)[C@@](C)(C=O)[C@@H]5CC[C@@]4(C)[C@]2(C)CC3)O[C@@H]1C. The predicted octanol–water partition coefficient (Wildman–Crippen LogP) is -3.21. The molecule has 11 rings (SSSR count). The maximum Gasteiger partial charge on any atom is 0.335 e. The number of ether oxygens (including phenoxy) is 13. The molecule has 5 aliphatic carbocycles. The Bertz CT molecular complexity index is 2890. The molecule has 4 saturated carbocycles. The summed E-state index contributed by atoms with van der Waals surface area (Å²) in [4.78, 5) is 55.5. The maximum atomic E-state index is 16.1. The van der Waals surface area contributed by atoms with E-state index in [2.05, 4.69) is 40.7 Å². The van der Waals surface area contributed by atoms with Crippen LogP contribution in [0.25, 0.3) is 0 Å². The van der Waals surface area contributed by atoms with Crippen LogP contribution in [0.1, 0.15) is 127 Å². The van der Waals surface area contributed by atoms with Crippen LogP contribution < -0.4 is 0 Å². The van der Waals surface area contributed by atoms with E-state index in [1.165, 1.54) is 13.8 Å². The van der Waals surface area contributed by atoms with Crippen molar-refractivity contribution in [3.63, 3.8) is 0 Å².